The number of esters is 1. The first-order chi connectivity index (χ1) is 13.4. The van der Waals surface area contributed by atoms with Crippen molar-refractivity contribution in [2.45, 2.75) is 0 Å². The lowest BCUT2D eigenvalue weighted by molar-refractivity contribution is -0.115. The number of nitrogens with one attached hydrogen (secondary N) is 2. The molecule has 0 unspecified atom stereocenters. The highest BCUT2D eigenvalue weighted by Crippen LogP contribution is 2.32. The lowest BCUT2D eigenvalue weighted by Crippen LogP contribution is -2.17. The fourth-order valence-corrected chi connectivity index (χ4v) is 4.80. The highest BCUT2D eigenvalue weighted by Gasteiger charge is 2.22. The number of amides is 1. The number of H-pyrrole nitrogens is 1. The first-order valence-corrected chi connectivity index (χ1v) is 10.1. The molecule has 3 aromatic rings. The number of rotatable bonds is 3. The van der Waals surface area contributed by atoms with Crippen LogP contribution < -0.4 is 10.9 Å². The standard InChI is InChI=1S/C19H12N2O4S3/c1-25-18(24)13-7-16(22)20-14-3-2-9(5-12(13)14)10-4-11(27-8-10)6-15-17(23)21-19(26)28-15/h2-8H,1H3,(H,20,22)(H,21,23,26)/b15-6-. The number of thiocarbonyl (C=S) groups is 1. The number of hydrogen-bond donors (Lipinski definition) is 2. The molecule has 3 heterocycles. The summed E-state index contributed by atoms with van der Waals surface area (Å²) in [6.45, 7) is 0. The van der Waals surface area contributed by atoms with E-state index in [4.69, 9.17) is 17.0 Å². The van der Waals surface area contributed by atoms with Crippen molar-refractivity contribution in [1.29, 1.82) is 0 Å². The first-order valence-electron chi connectivity index (χ1n) is 8.04. The van der Waals surface area contributed by atoms with Crippen LogP contribution in [-0.2, 0) is 9.53 Å². The predicted molar refractivity (Wildman–Crippen MR) is 116 cm³/mol. The van der Waals surface area contributed by atoms with Gasteiger partial charge in [0.15, 0.2) is 0 Å². The molecule has 6 nitrogen and oxygen atoms in total. The Balaban J connectivity index is 1.75. The van der Waals surface area contributed by atoms with Gasteiger partial charge in [-0.15, -0.1) is 11.3 Å². The number of thioether (sulfide) groups is 1. The van der Waals surface area contributed by atoms with E-state index in [2.05, 4.69) is 10.3 Å². The zero-order valence-corrected chi connectivity index (χ0v) is 16.8. The summed E-state index contributed by atoms with van der Waals surface area (Å²) in [6, 6.07) is 8.65. The third kappa shape index (κ3) is 3.51. The van der Waals surface area contributed by atoms with Crippen molar-refractivity contribution in [2.75, 3.05) is 7.11 Å². The van der Waals surface area contributed by atoms with Crippen molar-refractivity contribution < 1.29 is 14.3 Å². The fourth-order valence-electron chi connectivity index (χ4n) is 2.84. The SMILES string of the molecule is COC(=O)c1cc(=O)[nH]c2ccc(-c3csc(/C=C4\SC(=S)NC4=O)c3)cc12. The number of thiophene rings is 1. The zero-order chi connectivity index (χ0) is 19.8. The largest absolute Gasteiger partial charge is 0.465 e. The van der Waals surface area contributed by atoms with E-state index in [1.807, 2.05) is 23.6 Å². The van der Waals surface area contributed by atoms with Gasteiger partial charge in [-0.25, -0.2) is 4.79 Å². The molecular formula is C19H12N2O4S3. The summed E-state index contributed by atoms with van der Waals surface area (Å²) in [5.41, 5.74) is 2.22. The van der Waals surface area contributed by atoms with Crippen LogP contribution in [0.4, 0.5) is 0 Å². The van der Waals surface area contributed by atoms with E-state index in [0.717, 1.165) is 16.0 Å². The molecule has 1 aliphatic heterocycles. The first kappa shape index (κ1) is 18.6. The Kier molecular flexibility index (Phi) is 4.88. The Morgan fingerprint density at radius 3 is 2.71 bits per heavy atom. The maximum Gasteiger partial charge on any atom is 0.338 e. The molecule has 0 atom stereocenters. The molecule has 0 bridgehead atoms. The molecule has 0 radical (unpaired) electrons. The van der Waals surface area contributed by atoms with Crippen molar-refractivity contribution in [2.24, 2.45) is 0 Å². The van der Waals surface area contributed by atoms with Gasteiger partial charge in [0.05, 0.1) is 17.6 Å². The average molecular weight is 429 g/mol. The number of aromatic amines is 1. The third-order valence-corrected chi connectivity index (χ3v) is 6.16. The molecule has 28 heavy (non-hydrogen) atoms. The highest BCUT2D eigenvalue weighted by molar-refractivity contribution is 8.26. The molecule has 2 N–H and O–H groups in total. The van der Waals surface area contributed by atoms with E-state index in [-0.39, 0.29) is 17.0 Å². The number of carbonyl (C=O) groups is 2. The predicted octanol–water partition coefficient (Wildman–Crippen LogP) is 3.53. The van der Waals surface area contributed by atoms with Crippen LogP contribution in [0.15, 0.2) is 45.4 Å². The minimum absolute atomic E-state index is 0.192. The van der Waals surface area contributed by atoms with Gasteiger partial charge in [0, 0.05) is 21.8 Å². The number of hydrogen-bond acceptors (Lipinski definition) is 7. The topological polar surface area (TPSA) is 88.3 Å². The van der Waals surface area contributed by atoms with Gasteiger partial charge in [-0.3, -0.25) is 9.59 Å². The Bertz CT molecular complexity index is 1240. The van der Waals surface area contributed by atoms with Crippen LogP contribution in [0.2, 0.25) is 0 Å². The second kappa shape index (κ2) is 7.34. The second-order valence-electron chi connectivity index (χ2n) is 5.89. The smallest absolute Gasteiger partial charge is 0.338 e. The molecule has 0 saturated carbocycles. The highest BCUT2D eigenvalue weighted by atomic mass is 32.2. The van der Waals surface area contributed by atoms with E-state index in [1.54, 1.807) is 12.1 Å². The summed E-state index contributed by atoms with van der Waals surface area (Å²) in [5, 5.41) is 5.16. The second-order valence-corrected chi connectivity index (χ2v) is 8.55. The quantitative estimate of drug-likeness (QED) is 0.377. The summed E-state index contributed by atoms with van der Waals surface area (Å²) in [4.78, 5) is 39.8. The molecule has 140 valence electrons. The van der Waals surface area contributed by atoms with Gasteiger partial charge in [0.1, 0.15) is 4.32 Å². The average Bonchev–Trinajstić information content (AvgIpc) is 3.26. The van der Waals surface area contributed by atoms with E-state index in [0.29, 0.717) is 20.1 Å². The number of ether oxygens (including phenoxy) is 1. The summed E-state index contributed by atoms with van der Waals surface area (Å²) in [6.07, 6.45) is 1.80. The van der Waals surface area contributed by atoms with Crippen molar-refractivity contribution in [3.05, 3.63) is 61.4 Å². The number of methoxy groups -OCH3 is 1. The molecular weight excluding hydrogens is 416 g/mol. The normalized spacial score (nSPS) is 15.2. The van der Waals surface area contributed by atoms with Gasteiger partial charge in [0.2, 0.25) is 5.56 Å². The summed E-state index contributed by atoms with van der Waals surface area (Å²) in [7, 11) is 1.28. The molecule has 1 amide bonds. The van der Waals surface area contributed by atoms with Crippen LogP contribution in [0, 0.1) is 0 Å². The molecule has 0 aliphatic carbocycles. The third-order valence-electron chi connectivity index (χ3n) is 4.12. The summed E-state index contributed by atoms with van der Waals surface area (Å²) >= 11 is 7.73. The Labute approximate surface area is 172 Å². The van der Waals surface area contributed by atoms with Crippen molar-refractivity contribution in [1.82, 2.24) is 10.3 Å². The lowest BCUT2D eigenvalue weighted by atomic mass is 10.0. The Morgan fingerprint density at radius 2 is 2.00 bits per heavy atom. The maximum atomic E-state index is 12.1. The molecule has 9 heteroatoms. The zero-order valence-electron chi connectivity index (χ0n) is 14.4. The van der Waals surface area contributed by atoms with E-state index < -0.39 is 5.97 Å². The van der Waals surface area contributed by atoms with Crippen LogP contribution in [0.25, 0.3) is 28.1 Å². The molecule has 0 spiro atoms. The number of aromatic nitrogens is 1. The number of pyridine rings is 1. The number of benzene rings is 1. The summed E-state index contributed by atoms with van der Waals surface area (Å²) < 4.78 is 5.24. The lowest BCUT2D eigenvalue weighted by Gasteiger charge is -2.06. The van der Waals surface area contributed by atoms with Crippen LogP contribution in [0.5, 0.6) is 0 Å². The molecule has 1 saturated heterocycles. The monoisotopic (exact) mass is 428 g/mol. The van der Waals surface area contributed by atoms with Crippen LogP contribution >= 0.6 is 35.3 Å². The Hall–Kier alpha value is -2.75. The minimum Gasteiger partial charge on any atom is -0.465 e. The van der Waals surface area contributed by atoms with E-state index in [9.17, 15) is 14.4 Å². The van der Waals surface area contributed by atoms with Crippen LogP contribution in [-0.4, -0.2) is 28.3 Å². The molecule has 1 fully saturated rings. The van der Waals surface area contributed by atoms with E-state index >= 15 is 0 Å². The van der Waals surface area contributed by atoms with Crippen molar-refractivity contribution in [3.8, 4) is 11.1 Å². The molecule has 1 aliphatic rings. The molecule has 2 aromatic heterocycles. The van der Waals surface area contributed by atoms with Gasteiger partial charge in [-0.1, -0.05) is 30.0 Å². The van der Waals surface area contributed by atoms with Crippen LogP contribution in [0.1, 0.15) is 15.2 Å². The number of carbonyl (C=O) groups excluding carboxylic acids is 2. The Morgan fingerprint density at radius 1 is 1.18 bits per heavy atom. The minimum atomic E-state index is -0.566. The van der Waals surface area contributed by atoms with Gasteiger partial charge < -0.3 is 15.0 Å². The summed E-state index contributed by atoms with van der Waals surface area (Å²) in [5.74, 6) is -0.758. The van der Waals surface area contributed by atoms with Gasteiger partial charge in [-0.2, -0.15) is 0 Å². The maximum absolute atomic E-state index is 12.1. The number of fused-ring (bicyclic) bond motifs is 1. The van der Waals surface area contributed by atoms with Gasteiger partial charge >= 0.3 is 5.97 Å². The van der Waals surface area contributed by atoms with Crippen molar-refractivity contribution in [3.63, 3.8) is 0 Å². The molecule has 4 rings (SSSR count). The van der Waals surface area contributed by atoms with E-state index in [1.165, 1.54) is 36.3 Å². The van der Waals surface area contributed by atoms with Crippen molar-refractivity contribution >= 4 is 68.5 Å². The molecule has 1 aromatic carbocycles. The fraction of sp³-hybridized carbons (Fsp3) is 0.0526. The van der Waals surface area contributed by atoms with Gasteiger partial charge in [0.25, 0.3) is 5.91 Å². The van der Waals surface area contributed by atoms with Gasteiger partial charge in [-0.05, 0) is 40.8 Å². The van der Waals surface area contributed by atoms with Crippen LogP contribution in [0.3, 0.4) is 0 Å².